The lowest BCUT2D eigenvalue weighted by Gasteiger charge is -2.24. The van der Waals surface area contributed by atoms with Crippen molar-refractivity contribution >= 4 is 34.4 Å². The van der Waals surface area contributed by atoms with Gasteiger partial charge in [-0.1, -0.05) is 17.7 Å². The van der Waals surface area contributed by atoms with E-state index in [1.54, 1.807) is 12.1 Å². The van der Waals surface area contributed by atoms with Crippen LogP contribution in [0, 0.1) is 5.82 Å². The summed E-state index contributed by atoms with van der Waals surface area (Å²) in [6, 6.07) is 13.3. The number of benzene rings is 2. The quantitative estimate of drug-likeness (QED) is 0.409. The molecule has 6 rings (SSSR count). The second-order valence-corrected chi connectivity index (χ2v) is 9.53. The molecule has 3 heterocycles. The highest BCUT2D eigenvalue weighted by Crippen LogP contribution is 2.40. The van der Waals surface area contributed by atoms with Crippen LogP contribution in [0.2, 0.25) is 5.02 Å². The first kappa shape index (κ1) is 22.0. The molecule has 0 atom stereocenters. The van der Waals surface area contributed by atoms with E-state index in [4.69, 9.17) is 21.6 Å². The first-order chi connectivity index (χ1) is 17.1. The first-order valence-corrected chi connectivity index (χ1v) is 12.3. The third kappa shape index (κ3) is 4.34. The van der Waals surface area contributed by atoms with Gasteiger partial charge < -0.3 is 9.80 Å². The van der Waals surface area contributed by atoms with E-state index >= 15 is 0 Å². The molecule has 0 spiro atoms. The highest BCUT2D eigenvalue weighted by Gasteiger charge is 2.30. The van der Waals surface area contributed by atoms with E-state index in [9.17, 15) is 9.18 Å². The van der Waals surface area contributed by atoms with E-state index in [-0.39, 0.29) is 11.7 Å². The molecular formula is C26H24ClFN6O. The van der Waals surface area contributed by atoms with Gasteiger partial charge in [-0.25, -0.2) is 19.0 Å². The van der Waals surface area contributed by atoms with Gasteiger partial charge in [0.05, 0.1) is 17.3 Å². The maximum Gasteiger partial charge on any atom is 0.253 e. The fraction of sp³-hybridized carbons (Fsp3) is 0.308. The van der Waals surface area contributed by atoms with Gasteiger partial charge >= 0.3 is 0 Å². The second kappa shape index (κ2) is 8.92. The molecule has 4 aromatic rings. The molecule has 1 saturated carbocycles. The highest BCUT2D eigenvalue weighted by atomic mass is 35.5. The zero-order valence-electron chi connectivity index (χ0n) is 19.1. The lowest BCUT2D eigenvalue weighted by molar-refractivity contribution is 0.0767. The van der Waals surface area contributed by atoms with Gasteiger partial charge in [0.25, 0.3) is 5.91 Å². The van der Waals surface area contributed by atoms with Crippen molar-refractivity contribution in [2.75, 3.05) is 31.1 Å². The van der Waals surface area contributed by atoms with E-state index in [0.717, 1.165) is 54.2 Å². The van der Waals surface area contributed by atoms with Gasteiger partial charge in [0.2, 0.25) is 0 Å². The molecule has 2 fully saturated rings. The number of rotatable bonds is 4. The molecule has 2 aliphatic rings. The fourth-order valence-electron chi connectivity index (χ4n) is 4.58. The normalized spacial score (nSPS) is 16.5. The largest absolute Gasteiger partial charge is 0.354 e. The van der Waals surface area contributed by atoms with Crippen molar-refractivity contribution in [3.8, 4) is 5.69 Å². The number of carbonyl (C=O) groups excluding carboxylic acids is 1. The molecule has 2 aromatic heterocycles. The van der Waals surface area contributed by atoms with Crippen LogP contribution in [0.15, 0.2) is 54.7 Å². The summed E-state index contributed by atoms with van der Waals surface area (Å²) in [5.41, 5.74) is 2.12. The van der Waals surface area contributed by atoms with E-state index in [0.29, 0.717) is 36.1 Å². The molecule has 2 aromatic carbocycles. The molecule has 0 N–H and O–H groups in total. The molecule has 9 heteroatoms. The molecule has 1 aliphatic heterocycles. The van der Waals surface area contributed by atoms with E-state index in [1.807, 2.05) is 40.0 Å². The van der Waals surface area contributed by atoms with Crippen molar-refractivity contribution in [3.63, 3.8) is 0 Å². The standard InChI is InChI=1S/C26H24ClFN6O/c27-19-3-1-4-21(15-19)34-25-22(16-29-34)24(30-23(31-25)17-5-6-17)32-11-2-12-33(14-13-32)26(35)18-7-9-20(28)10-8-18/h1,3-4,7-10,15-17H,2,5-6,11-14H2. The number of halogens is 2. The summed E-state index contributed by atoms with van der Waals surface area (Å²) in [6.45, 7) is 2.61. The van der Waals surface area contributed by atoms with Crippen LogP contribution in [0.25, 0.3) is 16.7 Å². The Balaban J connectivity index is 1.32. The van der Waals surface area contributed by atoms with Crippen molar-refractivity contribution < 1.29 is 9.18 Å². The number of carbonyl (C=O) groups is 1. The summed E-state index contributed by atoms with van der Waals surface area (Å²) in [4.78, 5) is 26.9. The number of anilines is 1. The molecule has 0 radical (unpaired) electrons. The average molecular weight is 491 g/mol. The summed E-state index contributed by atoms with van der Waals surface area (Å²) in [5.74, 6) is 1.67. The Bertz CT molecular complexity index is 1400. The van der Waals surface area contributed by atoms with Crippen molar-refractivity contribution in [1.29, 1.82) is 0 Å². The van der Waals surface area contributed by atoms with Gasteiger partial charge in [-0.3, -0.25) is 4.79 Å². The van der Waals surface area contributed by atoms with Gasteiger partial charge in [-0.15, -0.1) is 0 Å². The molecule has 0 unspecified atom stereocenters. The Morgan fingerprint density at radius 1 is 1.00 bits per heavy atom. The van der Waals surface area contributed by atoms with Gasteiger partial charge in [0, 0.05) is 42.7 Å². The Hall–Kier alpha value is -3.52. The molecular weight excluding hydrogens is 467 g/mol. The Morgan fingerprint density at radius 2 is 1.83 bits per heavy atom. The highest BCUT2D eigenvalue weighted by molar-refractivity contribution is 6.30. The zero-order chi connectivity index (χ0) is 23.9. The van der Waals surface area contributed by atoms with Crippen molar-refractivity contribution in [2.45, 2.75) is 25.2 Å². The third-order valence-electron chi connectivity index (χ3n) is 6.59. The van der Waals surface area contributed by atoms with Gasteiger partial charge in [0.15, 0.2) is 5.65 Å². The van der Waals surface area contributed by atoms with Crippen LogP contribution < -0.4 is 4.90 Å². The Kier molecular flexibility index (Phi) is 5.60. The lowest BCUT2D eigenvalue weighted by Crippen LogP contribution is -2.35. The predicted molar refractivity (Wildman–Crippen MR) is 133 cm³/mol. The van der Waals surface area contributed by atoms with Crippen LogP contribution in [-0.2, 0) is 0 Å². The van der Waals surface area contributed by atoms with Crippen LogP contribution in [0.3, 0.4) is 0 Å². The smallest absolute Gasteiger partial charge is 0.253 e. The Labute approximate surface area is 207 Å². The topological polar surface area (TPSA) is 67.2 Å². The van der Waals surface area contributed by atoms with Crippen LogP contribution in [0.4, 0.5) is 10.2 Å². The van der Waals surface area contributed by atoms with Crippen molar-refractivity contribution in [2.24, 2.45) is 0 Å². The first-order valence-electron chi connectivity index (χ1n) is 11.9. The average Bonchev–Trinajstić information content (AvgIpc) is 3.67. The van der Waals surface area contributed by atoms with Crippen molar-refractivity contribution in [3.05, 3.63) is 77.0 Å². The van der Waals surface area contributed by atoms with E-state index in [2.05, 4.69) is 10.00 Å². The van der Waals surface area contributed by atoms with E-state index in [1.165, 1.54) is 12.1 Å². The van der Waals surface area contributed by atoms with Crippen molar-refractivity contribution in [1.82, 2.24) is 24.6 Å². The minimum atomic E-state index is -0.346. The predicted octanol–water partition coefficient (Wildman–Crippen LogP) is 4.84. The summed E-state index contributed by atoms with van der Waals surface area (Å²) in [7, 11) is 0. The Morgan fingerprint density at radius 3 is 2.60 bits per heavy atom. The summed E-state index contributed by atoms with van der Waals surface area (Å²) < 4.78 is 15.1. The molecule has 35 heavy (non-hydrogen) atoms. The van der Waals surface area contributed by atoms with Crippen LogP contribution in [-0.4, -0.2) is 56.7 Å². The SMILES string of the molecule is O=C(c1ccc(F)cc1)N1CCCN(c2nc(C3CC3)nc3c2cnn3-c2cccc(Cl)c2)CC1. The molecule has 178 valence electrons. The van der Waals surface area contributed by atoms with Gasteiger partial charge in [-0.05, 0) is 61.7 Å². The number of aromatic nitrogens is 4. The maximum absolute atomic E-state index is 13.3. The maximum atomic E-state index is 13.3. The number of hydrogen-bond acceptors (Lipinski definition) is 5. The number of hydrogen-bond donors (Lipinski definition) is 0. The molecule has 1 amide bonds. The van der Waals surface area contributed by atoms with Crippen LogP contribution in [0.1, 0.15) is 41.4 Å². The van der Waals surface area contributed by atoms with Gasteiger partial charge in [0.1, 0.15) is 17.5 Å². The molecule has 1 aliphatic carbocycles. The van der Waals surface area contributed by atoms with E-state index < -0.39 is 0 Å². The zero-order valence-corrected chi connectivity index (χ0v) is 19.8. The summed E-state index contributed by atoms with van der Waals surface area (Å²) in [6.07, 6.45) is 4.81. The number of nitrogens with zero attached hydrogens (tertiary/aromatic N) is 6. The van der Waals surface area contributed by atoms with Crippen LogP contribution in [0.5, 0.6) is 0 Å². The third-order valence-corrected chi connectivity index (χ3v) is 6.83. The monoisotopic (exact) mass is 490 g/mol. The van der Waals surface area contributed by atoms with Gasteiger partial charge in [-0.2, -0.15) is 5.10 Å². The molecule has 0 bridgehead atoms. The second-order valence-electron chi connectivity index (χ2n) is 9.09. The summed E-state index contributed by atoms with van der Waals surface area (Å²) >= 11 is 6.23. The molecule has 1 saturated heterocycles. The minimum Gasteiger partial charge on any atom is -0.354 e. The lowest BCUT2D eigenvalue weighted by atomic mass is 10.2. The summed E-state index contributed by atoms with van der Waals surface area (Å²) in [5, 5.41) is 6.15. The fourth-order valence-corrected chi connectivity index (χ4v) is 4.76. The minimum absolute atomic E-state index is 0.0767. The van der Waals surface area contributed by atoms with Crippen LogP contribution >= 0.6 is 11.6 Å². The number of fused-ring (bicyclic) bond motifs is 1. The molecule has 7 nitrogen and oxygen atoms in total. The number of amides is 1.